The van der Waals surface area contributed by atoms with E-state index in [2.05, 4.69) is 10.6 Å². The minimum absolute atomic E-state index is 0.146. The maximum atomic E-state index is 12.6. The van der Waals surface area contributed by atoms with Gasteiger partial charge in [0.25, 0.3) is 5.91 Å². The van der Waals surface area contributed by atoms with Crippen molar-refractivity contribution >= 4 is 5.91 Å². The largest absolute Gasteiger partial charge is 0.461 e. The Morgan fingerprint density at radius 2 is 1.74 bits per heavy atom. The van der Waals surface area contributed by atoms with Crippen LogP contribution < -0.4 is 10.6 Å². The van der Waals surface area contributed by atoms with E-state index >= 15 is 0 Å². The molecular weight excluding hydrogens is 340 g/mol. The molecule has 2 N–H and O–H groups in total. The summed E-state index contributed by atoms with van der Waals surface area (Å²) in [6.45, 7) is 1.92. The van der Waals surface area contributed by atoms with Gasteiger partial charge in [-0.15, -0.1) is 0 Å². The van der Waals surface area contributed by atoms with Crippen LogP contribution in [0.1, 0.15) is 35.6 Å². The molecule has 1 amide bonds. The molecule has 2 saturated heterocycles. The first-order chi connectivity index (χ1) is 13.2. The molecular formula is C22H22N2O3. The van der Waals surface area contributed by atoms with Crippen molar-refractivity contribution in [3.05, 3.63) is 60.1 Å². The van der Waals surface area contributed by atoms with Crippen LogP contribution in [-0.4, -0.2) is 24.0 Å². The van der Waals surface area contributed by atoms with Crippen molar-refractivity contribution < 1.29 is 13.6 Å². The molecule has 5 heteroatoms. The Morgan fingerprint density at radius 3 is 2.37 bits per heavy atom. The van der Waals surface area contributed by atoms with E-state index in [1.165, 1.54) is 6.42 Å². The lowest BCUT2D eigenvalue weighted by Gasteiger charge is -2.20. The van der Waals surface area contributed by atoms with Crippen LogP contribution in [-0.2, 0) is 0 Å². The normalized spacial score (nSPS) is 23.7. The molecule has 5 nitrogen and oxygen atoms in total. The van der Waals surface area contributed by atoms with E-state index in [0.29, 0.717) is 23.6 Å². The van der Waals surface area contributed by atoms with Gasteiger partial charge in [0.05, 0.1) is 0 Å². The van der Waals surface area contributed by atoms with Crippen molar-refractivity contribution in [1.29, 1.82) is 0 Å². The van der Waals surface area contributed by atoms with Crippen LogP contribution in [0.4, 0.5) is 0 Å². The van der Waals surface area contributed by atoms with Crippen LogP contribution >= 0.6 is 0 Å². The van der Waals surface area contributed by atoms with Crippen LogP contribution in [0.5, 0.6) is 0 Å². The summed E-state index contributed by atoms with van der Waals surface area (Å²) in [5.41, 5.74) is 1.86. The summed E-state index contributed by atoms with van der Waals surface area (Å²) in [4.78, 5) is 12.6. The molecule has 0 saturated carbocycles. The summed E-state index contributed by atoms with van der Waals surface area (Å²) in [6, 6.07) is 16.5. The number of amides is 1. The van der Waals surface area contributed by atoms with Crippen LogP contribution in [0, 0.1) is 6.92 Å². The third-order valence-corrected chi connectivity index (χ3v) is 5.64. The van der Waals surface area contributed by atoms with Crippen molar-refractivity contribution in [2.75, 3.05) is 0 Å². The summed E-state index contributed by atoms with van der Waals surface area (Å²) in [6.07, 6.45) is 3.35. The predicted octanol–water partition coefficient (Wildman–Crippen LogP) is 4.14. The molecule has 0 radical (unpaired) electrons. The first-order valence-corrected chi connectivity index (χ1v) is 9.50. The number of carbonyl (C=O) groups excluding carboxylic acids is 1. The molecule has 2 aliphatic rings. The van der Waals surface area contributed by atoms with Gasteiger partial charge in [0, 0.05) is 29.3 Å². The lowest BCUT2D eigenvalue weighted by atomic mass is 9.95. The summed E-state index contributed by atoms with van der Waals surface area (Å²) >= 11 is 0. The third kappa shape index (κ3) is 2.98. The van der Waals surface area contributed by atoms with Gasteiger partial charge in [0.2, 0.25) is 0 Å². The number of rotatable bonds is 4. The summed E-state index contributed by atoms with van der Waals surface area (Å²) in [5.74, 6) is 2.51. The Balaban J connectivity index is 1.39. The second-order valence-electron chi connectivity index (χ2n) is 7.48. The molecule has 0 aliphatic carbocycles. The maximum absolute atomic E-state index is 12.6. The van der Waals surface area contributed by atoms with Gasteiger partial charge in [-0.25, -0.2) is 0 Å². The summed E-state index contributed by atoms with van der Waals surface area (Å²) < 4.78 is 11.7. The number of aryl methyl sites for hydroxylation is 1. The van der Waals surface area contributed by atoms with Crippen molar-refractivity contribution in [3.63, 3.8) is 0 Å². The zero-order valence-corrected chi connectivity index (χ0v) is 15.2. The van der Waals surface area contributed by atoms with Gasteiger partial charge in [0.1, 0.15) is 17.3 Å². The first kappa shape index (κ1) is 16.4. The highest BCUT2D eigenvalue weighted by molar-refractivity contribution is 5.92. The lowest BCUT2D eigenvalue weighted by Crippen LogP contribution is -2.42. The van der Waals surface area contributed by atoms with E-state index in [4.69, 9.17) is 8.83 Å². The third-order valence-electron chi connectivity index (χ3n) is 5.64. The van der Waals surface area contributed by atoms with E-state index in [-0.39, 0.29) is 11.9 Å². The van der Waals surface area contributed by atoms with Crippen LogP contribution in [0.2, 0.25) is 0 Å². The number of benzene rings is 1. The molecule has 4 heterocycles. The van der Waals surface area contributed by atoms with Crippen molar-refractivity contribution in [3.8, 4) is 22.6 Å². The zero-order valence-electron chi connectivity index (χ0n) is 15.2. The van der Waals surface area contributed by atoms with Crippen molar-refractivity contribution in [1.82, 2.24) is 10.6 Å². The Kier molecular flexibility index (Phi) is 3.90. The number of hydrogen-bond acceptors (Lipinski definition) is 4. The van der Waals surface area contributed by atoms with E-state index in [0.717, 1.165) is 35.5 Å². The van der Waals surface area contributed by atoms with Crippen molar-refractivity contribution in [2.24, 2.45) is 0 Å². The van der Waals surface area contributed by atoms with Gasteiger partial charge in [-0.1, -0.05) is 24.3 Å². The SMILES string of the molecule is Cc1ccc(-c2ccccc2-c2ccc(C(=O)N[C@@H]3C[C@H]4CC[C@@H]3N4)o2)o1. The molecule has 0 spiro atoms. The number of carbonyl (C=O) groups is 1. The molecule has 138 valence electrons. The van der Waals surface area contributed by atoms with E-state index in [1.54, 1.807) is 6.07 Å². The highest BCUT2D eigenvalue weighted by Gasteiger charge is 2.40. The second-order valence-corrected chi connectivity index (χ2v) is 7.48. The van der Waals surface area contributed by atoms with Crippen LogP contribution in [0.15, 0.2) is 57.4 Å². The van der Waals surface area contributed by atoms with Gasteiger partial charge in [-0.3, -0.25) is 4.79 Å². The molecule has 3 atom stereocenters. The number of fused-ring (bicyclic) bond motifs is 2. The van der Waals surface area contributed by atoms with Crippen LogP contribution in [0.3, 0.4) is 0 Å². The summed E-state index contributed by atoms with van der Waals surface area (Å²) in [5, 5.41) is 6.66. The van der Waals surface area contributed by atoms with E-state index < -0.39 is 0 Å². The number of furan rings is 2. The molecule has 5 rings (SSSR count). The average molecular weight is 362 g/mol. The van der Waals surface area contributed by atoms with Gasteiger partial charge in [0.15, 0.2) is 5.76 Å². The quantitative estimate of drug-likeness (QED) is 0.732. The monoisotopic (exact) mass is 362 g/mol. The topological polar surface area (TPSA) is 67.4 Å². The Morgan fingerprint density at radius 1 is 1.00 bits per heavy atom. The molecule has 2 aromatic heterocycles. The zero-order chi connectivity index (χ0) is 18.4. The predicted molar refractivity (Wildman–Crippen MR) is 102 cm³/mol. The molecule has 2 fully saturated rings. The number of hydrogen-bond donors (Lipinski definition) is 2. The van der Waals surface area contributed by atoms with E-state index in [1.807, 2.05) is 49.4 Å². The van der Waals surface area contributed by atoms with Gasteiger partial charge >= 0.3 is 0 Å². The first-order valence-electron chi connectivity index (χ1n) is 9.50. The Hall–Kier alpha value is -2.79. The van der Waals surface area contributed by atoms with Crippen LogP contribution in [0.25, 0.3) is 22.6 Å². The Bertz CT molecular complexity index is 987. The smallest absolute Gasteiger partial charge is 0.287 e. The molecule has 2 bridgehead atoms. The fourth-order valence-electron chi connectivity index (χ4n) is 4.32. The highest BCUT2D eigenvalue weighted by atomic mass is 16.4. The fourth-order valence-corrected chi connectivity index (χ4v) is 4.32. The average Bonchev–Trinajstić information content (AvgIpc) is 3.46. The van der Waals surface area contributed by atoms with Gasteiger partial charge in [-0.05, 0) is 50.5 Å². The molecule has 27 heavy (non-hydrogen) atoms. The Labute approximate surface area is 157 Å². The van der Waals surface area contributed by atoms with E-state index in [9.17, 15) is 4.79 Å². The summed E-state index contributed by atoms with van der Waals surface area (Å²) in [7, 11) is 0. The van der Waals surface area contributed by atoms with Gasteiger partial charge < -0.3 is 19.5 Å². The minimum atomic E-state index is -0.146. The molecule has 3 aromatic rings. The maximum Gasteiger partial charge on any atom is 0.287 e. The van der Waals surface area contributed by atoms with Crippen molar-refractivity contribution in [2.45, 2.75) is 44.3 Å². The fraction of sp³-hybridized carbons (Fsp3) is 0.318. The molecule has 0 unspecified atom stereocenters. The molecule has 2 aliphatic heterocycles. The standard InChI is InChI=1S/C22H22N2O3/c1-13-6-9-19(26-13)15-4-2-3-5-16(15)20-10-11-21(27-20)22(25)24-18-12-14-7-8-17(18)23-14/h2-6,9-11,14,17-18,23H,7-8,12H2,1H3,(H,24,25)/t14-,17+,18-/m1/s1. The van der Waals surface area contributed by atoms with Gasteiger partial charge in [-0.2, -0.15) is 0 Å². The second kappa shape index (κ2) is 6.43. The minimum Gasteiger partial charge on any atom is -0.461 e. The highest BCUT2D eigenvalue weighted by Crippen LogP contribution is 2.34. The molecule has 1 aromatic carbocycles. The lowest BCUT2D eigenvalue weighted by molar-refractivity contribution is 0.0903. The number of nitrogens with one attached hydrogen (secondary N) is 2.